The van der Waals surface area contributed by atoms with Gasteiger partial charge in [0.25, 0.3) is 0 Å². The zero-order valence-corrected chi connectivity index (χ0v) is 17.5. The molecule has 0 aromatic carbocycles. The predicted molar refractivity (Wildman–Crippen MR) is 71.3 cm³/mol. The fourth-order valence-electron chi connectivity index (χ4n) is 1.08. The Morgan fingerprint density at radius 1 is 1.25 bits per heavy atom. The van der Waals surface area contributed by atoms with E-state index in [0.29, 0.717) is 0 Å². The summed E-state index contributed by atoms with van der Waals surface area (Å²) in [6.45, 7) is 4.59. The SMILES string of the molecule is Br.Br.[CH3][Hf]([CH3])(=[SiH2])(=[SiH2])[C]1=CC=CC1. The Morgan fingerprint density at radius 2 is 1.75 bits per heavy atom. The quantitative estimate of drug-likeness (QED) is 0.488. The Kier molecular flexibility index (Phi) is 6.75. The summed E-state index contributed by atoms with van der Waals surface area (Å²) in [4.78, 5) is 0. The number of allylic oxidation sites excluding steroid dienone is 4. The molecule has 1 rings (SSSR count). The van der Waals surface area contributed by atoms with Gasteiger partial charge in [0.2, 0.25) is 0 Å². The van der Waals surface area contributed by atoms with Gasteiger partial charge in [-0.05, 0) is 0 Å². The van der Waals surface area contributed by atoms with Crippen LogP contribution in [0.5, 0.6) is 0 Å². The molecular formula is C7H17Br2HfSi2. The molecule has 1 aliphatic carbocycles. The molecule has 0 aliphatic heterocycles. The van der Waals surface area contributed by atoms with E-state index in [1.807, 2.05) is 0 Å². The average Bonchev–Trinajstić information content (AvgIpc) is 2.04. The van der Waals surface area contributed by atoms with Gasteiger partial charge in [0, 0.05) is 0 Å². The topological polar surface area (TPSA) is 0 Å². The molecule has 0 unspecified atom stereocenters. The standard InChI is InChI=1S/C5H5.2CH3.2BrH.Hf.2H2Si/c1-2-4-5-3-1;;;;;;;/h1-3H,4H2;2*1H3;2*1H;;2*1H2. The van der Waals surface area contributed by atoms with Crippen molar-refractivity contribution in [2.75, 3.05) is 0 Å². The van der Waals surface area contributed by atoms with Crippen molar-refractivity contribution in [3.63, 3.8) is 0 Å². The van der Waals surface area contributed by atoms with Gasteiger partial charge >= 0.3 is 67.0 Å². The summed E-state index contributed by atoms with van der Waals surface area (Å²) in [5.74, 6) is 0. The first-order chi connectivity index (χ1) is 4.36. The summed E-state index contributed by atoms with van der Waals surface area (Å²) in [6, 6.07) is 0. The summed E-state index contributed by atoms with van der Waals surface area (Å²) in [7, 11) is 0. The van der Waals surface area contributed by atoms with Crippen molar-refractivity contribution in [2.45, 2.75) is 15.8 Å². The molecule has 0 saturated heterocycles. The second-order valence-electron chi connectivity index (χ2n) is 4.34. The van der Waals surface area contributed by atoms with Crippen LogP contribution in [0, 0.1) is 0 Å². The zero-order chi connectivity index (χ0) is 7.85. The van der Waals surface area contributed by atoms with Crippen molar-refractivity contribution in [2.24, 2.45) is 0 Å². The molecule has 5 heteroatoms. The van der Waals surface area contributed by atoms with Crippen molar-refractivity contribution in [3.05, 3.63) is 21.6 Å². The van der Waals surface area contributed by atoms with Crippen LogP contribution in [0.15, 0.2) is 21.6 Å². The Bertz CT molecular complexity index is 324. The predicted octanol–water partition coefficient (Wildman–Crippen LogP) is 1.87. The monoisotopic (exact) mass is 495 g/mol. The second-order valence-corrected chi connectivity index (χ2v) is 73.6. The molecule has 0 bridgehead atoms. The molecule has 0 fully saturated rings. The average molecular weight is 496 g/mol. The molecule has 0 saturated carbocycles. The molecule has 0 N–H and O–H groups in total. The van der Waals surface area contributed by atoms with E-state index < -0.39 is 15.8 Å². The van der Waals surface area contributed by atoms with E-state index in [1.165, 1.54) is 6.42 Å². The van der Waals surface area contributed by atoms with Gasteiger partial charge in [-0.15, -0.1) is 34.0 Å². The summed E-state index contributed by atoms with van der Waals surface area (Å²) < 4.78 is 6.81. The molecule has 0 heterocycles. The van der Waals surface area contributed by atoms with Crippen molar-refractivity contribution < 1.29 is 15.8 Å². The third kappa shape index (κ3) is 4.84. The summed E-state index contributed by atoms with van der Waals surface area (Å²) in [5, 5.41) is 0. The van der Waals surface area contributed by atoms with Gasteiger partial charge in [0.05, 0.1) is 0 Å². The maximum absolute atomic E-state index is 2.52. The molecule has 0 atom stereocenters. The number of rotatable bonds is 1. The van der Waals surface area contributed by atoms with E-state index in [9.17, 15) is 0 Å². The van der Waals surface area contributed by atoms with E-state index in [1.54, 1.807) is 3.33 Å². The van der Waals surface area contributed by atoms with Crippen LogP contribution >= 0.6 is 34.0 Å². The van der Waals surface area contributed by atoms with Gasteiger partial charge in [-0.3, -0.25) is 0 Å². The third-order valence-corrected chi connectivity index (χ3v) is 18.5. The van der Waals surface area contributed by atoms with Crippen LogP contribution < -0.4 is 0 Å². The molecule has 12 heavy (non-hydrogen) atoms. The van der Waals surface area contributed by atoms with Gasteiger partial charge in [-0.2, -0.15) is 0 Å². The van der Waals surface area contributed by atoms with Gasteiger partial charge in [-0.1, -0.05) is 0 Å². The Hall–Kier alpha value is 1.74. The van der Waals surface area contributed by atoms with E-state index >= 15 is 0 Å². The van der Waals surface area contributed by atoms with E-state index in [2.05, 4.69) is 41.5 Å². The van der Waals surface area contributed by atoms with Crippen molar-refractivity contribution >= 4 is 47.8 Å². The first-order valence-electron chi connectivity index (χ1n) is 3.67. The number of hydrogen-bond acceptors (Lipinski definition) is 0. The van der Waals surface area contributed by atoms with Crippen LogP contribution in [0.3, 0.4) is 0 Å². The van der Waals surface area contributed by atoms with Crippen LogP contribution in [0.2, 0.25) is 9.36 Å². The number of halogens is 2. The molecule has 0 nitrogen and oxygen atoms in total. The summed E-state index contributed by atoms with van der Waals surface area (Å²) in [6.07, 6.45) is 8.07. The third-order valence-electron chi connectivity index (χ3n) is 1.87. The van der Waals surface area contributed by atoms with Crippen molar-refractivity contribution in [3.8, 4) is 0 Å². The van der Waals surface area contributed by atoms with E-state index in [-0.39, 0.29) is 34.0 Å². The Labute approximate surface area is 99.7 Å². The first kappa shape index (κ1) is 16.2. The normalized spacial score (nSPS) is 16.1. The summed E-state index contributed by atoms with van der Waals surface area (Å²) >= 11 is -2.25. The molecular weight excluding hydrogens is 479 g/mol. The van der Waals surface area contributed by atoms with Gasteiger partial charge in [0.1, 0.15) is 0 Å². The van der Waals surface area contributed by atoms with Crippen LogP contribution in [-0.2, 0) is 15.8 Å². The van der Waals surface area contributed by atoms with E-state index in [0.717, 1.165) is 0 Å². The number of hydrogen-bond donors (Lipinski definition) is 0. The fourth-order valence-corrected chi connectivity index (χ4v) is 10.7. The van der Waals surface area contributed by atoms with Gasteiger partial charge < -0.3 is 0 Å². The van der Waals surface area contributed by atoms with Crippen molar-refractivity contribution in [1.29, 1.82) is 0 Å². The maximum atomic E-state index is 2.52. The Morgan fingerprint density at radius 3 is 1.92 bits per heavy atom. The molecule has 0 amide bonds. The minimum absolute atomic E-state index is 0. The molecule has 71 valence electrons. The second kappa shape index (κ2) is 5.00. The molecule has 0 radical (unpaired) electrons. The minimum atomic E-state index is -2.25. The van der Waals surface area contributed by atoms with Crippen LogP contribution in [0.4, 0.5) is 0 Å². The van der Waals surface area contributed by atoms with Crippen molar-refractivity contribution in [1.82, 2.24) is 0 Å². The van der Waals surface area contributed by atoms with Crippen LogP contribution in [0.1, 0.15) is 6.42 Å². The van der Waals surface area contributed by atoms with Gasteiger partial charge in [-0.25, -0.2) is 0 Å². The van der Waals surface area contributed by atoms with Crippen LogP contribution in [-0.4, -0.2) is 13.9 Å². The Balaban J connectivity index is 0. The zero-order valence-electron chi connectivity index (χ0n) is 7.67. The summed E-state index contributed by atoms with van der Waals surface area (Å²) in [5.41, 5.74) is 0. The van der Waals surface area contributed by atoms with E-state index in [4.69, 9.17) is 0 Å². The fraction of sp³-hybridized carbons (Fsp3) is 0.429. The molecule has 0 spiro atoms. The van der Waals surface area contributed by atoms with Gasteiger partial charge in [0.15, 0.2) is 0 Å². The molecule has 0 aromatic rings. The molecule has 0 aromatic heterocycles. The first-order valence-corrected chi connectivity index (χ1v) is 29.3. The van der Waals surface area contributed by atoms with Crippen LogP contribution in [0.25, 0.3) is 0 Å². The molecule has 1 aliphatic rings.